The van der Waals surface area contributed by atoms with Gasteiger partial charge >= 0.3 is 6.03 Å². The topological polar surface area (TPSA) is 53.6 Å². The highest BCUT2D eigenvalue weighted by Gasteiger charge is 2.24. The molecule has 1 saturated carbocycles. The van der Waals surface area contributed by atoms with E-state index < -0.39 is 0 Å². The van der Waals surface area contributed by atoms with Crippen LogP contribution < -0.4 is 14.8 Å². The molecule has 3 rings (SSSR count). The molecule has 1 aliphatic carbocycles. The molecule has 2 N–H and O–H groups in total. The van der Waals surface area contributed by atoms with E-state index >= 15 is 0 Å². The lowest BCUT2D eigenvalue weighted by Crippen LogP contribution is -2.28. The summed E-state index contributed by atoms with van der Waals surface area (Å²) in [4.78, 5) is 13.5. The smallest absolute Gasteiger partial charge is 0.321 e. The maximum atomic E-state index is 14.1. The Hall–Kier alpha value is -1.73. The van der Waals surface area contributed by atoms with Gasteiger partial charge in [0.1, 0.15) is 0 Å². The number of hydrogen-bond donors (Lipinski definition) is 2. The molecule has 1 saturated heterocycles. The van der Waals surface area contributed by atoms with Gasteiger partial charge in [-0.05, 0) is 55.2 Å². The Labute approximate surface area is 183 Å². The van der Waals surface area contributed by atoms with Crippen LogP contribution in [0, 0.1) is 17.7 Å². The molecule has 7 heteroatoms. The number of ether oxygens (including phenoxy) is 1. The second kappa shape index (κ2) is 11.0. The largest absolute Gasteiger partial charge is 0.490 e. The van der Waals surface area contributed by atoms with E-state index in [0.717, 1.165) is 42.8 Å². The lowest BCUT2D eigenvalue weighted by molar-refractivity contribution is 0.216. The Morgan fingerprint density at radius 1 is 1.33 bits per heavy atom. The Kier molecular flexibility index (Phi) is 8.45. The summed E-state index contributed by atoms with van der Waals surface area (Å²) in [5.41, 5.74) is 1.84. The maximum absolute atomic E-state index is 14.1. The highest BCUT2D eigenvalue weighted by atomic mass is 32.2. The second-order valence-electron chi connectivity index (χ2n) is 8.65. The number of carbonyl (C=O) groups excluding carboxylic acids is 1. The molecular weight excluding hydrogens is 401 g/mol. The van der Waals surface area contributed by atoms with E-state index in [4.69, 9.17) is 4.74 Å². The van der Waals surface area contributed by atoms with Crippen molar-refractivity contribution >= 4 is 18.0 Å². The van der Waals surface area contributed by atoms with E-state index in [1.807, 2.05) is 12.1 Å². The summed E-state index contributed by atoms with van der Waals surface area (Å²) in [6.45, 7) is 10.1. The van der Waals surface area contributed by atoms with E-state index in [2.05, 4.69) is 30.5 Å². The predicted molar refractivity (Wildman–Crippen MR) is 121 cm³/mol. The van der Waals surface area contributed by atoms with Gasteiger partial charge in [-0.1, -0.05) is 44.9 Å². The molecule has 5 nitrogen and oxygen atoms in total. The summed E-state index contributed by atoms with van der Waals surface area (Å²) in [6.07, 6.45) is 5.53. The van der Waals surface area contributed by atoms with Gasteiger partial charge in [0.25, 0.3) is 0 Å². The van der Waals surface area contributed by atoms with Gasteiger partial charge < -0.3 is 15.0 Å². The molecule has 0 bridgehead atoms. The molecule has 2 amide bonds. The van der Waals surface area contributed by atoms with Crippen LogP contribution >= 0.6 is 11.9 Å². The number of nitrogens with one attached hydrogen (secondary N) is 2. The Bertz CT molecular complexity index is 739. The monoisotopic (exact) mass is 435 g/mol. The van der Waals surface area contributed by atoms with Crippen molar-refractivity contribution in [1.29, 1.82) is 0 Å². The van der Waals surface area contributed by atoms with Crippen molar-refractivity contribution < 1.29 is 13.9 Å². The lowest BCUT2D eigenvalue weighted by Gasteiger charge is -2.23. The van der Waals surface area contributed by atoms with Crippen molar-refractivity contribution in [3.63, 3.8) is 0 Å². The summed E-state index contributed by atoms with van der Waals surface area (Å²) in [5.74, 6) is 2.05. The summed E-state index contributed by atoms with van der Waals surface area (Å²) in [7, 11) is 0. The zero-order valence-corrected chi connectivity index (χ0v) is 18.9. The standard InChI is InChI=1S/C23H34FN3O2S/c1-16(2)22(19-9-10-20(24)21(13-19)29-15-18-7-8-18)26-30-12-6-4-5-11-27-14-17(3)25-23(27)28/h9-10,13,16,18,22,26H,3-8,11-12,14-15H2,1-2H3,(H,25,28). The first-order valence-corrected chi connectivity index (χ1v) is 12.0. The first kappa shape index (κ1) is 22.9. The van der Waals surface area contributed by atoms with Crippen molar-refractivity contribution in [2.45, 2.75) is 52.0 Å². The minimum absolute atomic E-state index is 0.0319. The number of nitrogens with zero attached hydrogens (tertiary/aromatic N) is 1. The molecule has 2 fully saturated rings. The quantitative estimate of drug-likeness (QED) is 0.328. The van der Waals surface area contributed by atoms with E-state index in [1.165, 1.54) is 18.9 Å². The van der Waals surface area contributed by atoms with Gasteiger partial charge in [-0.15, -0.1) is 0 Å². The number of carbonyl (C=O) groups is 1. The lowest BCUT2D eigenvalue weighted by atomic mass is 9.97. The van der Waals surface area contributed by atoms with Crippen molar-refractivity contribution in [2.75, 3.05) is 25.4 Å². The van der Waals surface area contributed by atoms with E-state index in [0.29, 0.717) is 30.7 Å². The average Bonchev–Trinajstić information content (AvgIpc) is 3.47. The van der Waals surface area contributed by atoms with Gasteiger partial charge in [0.2, 0.25) is 0 Å². The van der Waals surface area contributed by atoms with Gasteiger partial charge in [0, 0.05) is 24.0 Å². The first-order chi connectivity index (χ1) is 14.4. The zero-order valence-electron chi connectivity index (χ0n) is 18.1. The molecule has 0 spiro atoms. The third-order valence-corrected chi connectivity index (χ3v) is 6.40. The second-order valence-corrected chi connectivity index (χ2v) is 9.58. The predicted octanol–water partition coefficient (Wildman–Crippen LogP) is 5.26. The van der Waals surface area contributed by atoms with Crippen LogP contribution in [0.5, 0.6) is 5.75 Å². The molecular formula is C23H34FN3O2S. The van der Waals surface area contributed by atoms with E-state index in [1.54, 1.807) is 16.8 Å². The zero-order chi connectivity index (χ0) is 21.5. The summed E-state index contributed by atoms with van der Waals surface area (Å²) in [5, 5.41) is 2.74. The number of benzene rings is 1. The summed E-state index contributed by atoms with van der Waals surface area (Å²) in [6, 6.07) is 5.33. The maximum Gasteiger partial charge on any atom is 0.321 e. The van der Waals surface area contributed by atoms with Gasteiger partial charge in [0.15, 0.2) is 11.6 Å². The van der Waals surface area contributed by atoms with Crippen LogP contribution in [0.3, 0.4) is 0 Å². The molecule has 2 aliphatic rings. The van der Waals surface area contributed by atoms with Crippen LogP contribution in [0.25, 0.3) is 0 Å². The van der Waals surface area contributed by atoms with Crippen molar-refractivity contribution in [3.8, 4) is 5.75 Å². The number of hydrogen-bond acceptors (Lipinski definition) is 4. The van der Waals surface area contributed by atoms with Crippen molar-refractivity contribution in [1.82, 2.24) is 14.9 Å². The first-order valence-electron chi connectivity index (χ1n) is 11.0. The Morgan fingerprint density at radius 2 is 2.13 bits per heavy atom. The molecule has 166 valence electrons. The van der Waals surface area contributed by atoms with E-state index in [9.17, 15) is 9.18 Å². The van der Waals surface area contributed by atoms with Crippen LogP contribution in [0.1, 0.15) is 57.6 Å². The third-order valence-electron chi connectivity index (χ3n) is 5.49. The normalized spacial score (nSPS) is 17.5. The Morgan fingerprint density at radius 3 is 2.80 bits per heavy atom. The number of urea groups is 1. The fourth-order valence-corrected chi connectivity index (χ4v) is 4.51. The molecule has 1 aromatic carbocycles. The van der Waals surface area contributed by atoms with Gasteiger partial charge in [-0.2, -0.15) is 0 Å². The molecule has 1 atom stereocenters. The van der Waals surface area contributed by atoms with Crippen LogP contribution in [-0.2, 0) is 0 Å². The molecule has 30 heavy (non-hydrogen) atoms. The highest BCUT2D eigenvalue weighted by molar-refractivity contribution is 7.97. The molecule has 1 heterocycles. The number of rotatable bonds is 13. The van der Waals surface area contributed by atoms with Crippen LogP contribution in [0.2, 0.25) is 0 Å². The minimum atomic E-state index is -0.287. The molecule has 1 aliphatic heterocycles. The van der Waals surface area contributed by atoms with Gasteiger partial charge in [0.05, 0.1) is 13.2 Å². The average molecular weight is 436 g/mol. The number of unbranched alkanes of at least 4 members (excludes halogenated alkanes) is 2. The summed E-state index contributed by atoms with van der Waals surface area (Å²) >= 11 is 1.71. The van der Waals surface area contributed by atoms with Crippen LogP contribution in [0.15, 0.2) is 30.5 Å². The molecule has 0 radical (unpaired) electrons. The van der Waals surface area contributed by atoms with Crippen molar-refractivity contribution in [2.24, 2.45) is 11.8 Å². The van der Waals surface area contributed by atoms with Gasteiger partial charge in [-0.25, -0.2) is 9.18 Å². The summed E-state index contributed by atoms with van der Waals surface area (Å²) < 4.78 is 23.4. The fourth-order valence-electron chi connectivity index (χ4n) is 3.46. The highest BCUT2D eigenvalue weighted by Crippen LogP contribution is 2.32. The molecule has 0 aromatic heterocycles. The third kappa shape index (κ3) is 6.91. The SMILES string of the molecule is C=C1CN(CCCCCSNC(c2ccc(F)c(OCC3CC3)c2)C(C)C)C(=O)N1. The van der Waals surface area contributed by atoms with Gasteiger partial charge in [-0.3, -0.25) is 4.72 Å². The minimum Gasteiger partial charge on any atom is -0.490 e. The van der Waals surface area contributed by atoms with Crippen LogP contribution in [0.4, 0.5) is 9.18 Å². The Balaban J connectivity index is 1.38. The molecule has 1 aromatic rings. The molecule has 1 unspecified atom stereocenters. The fraction of sp³-hybridized carbons (Fsp3) is 0.609. The van der Waals surface area contributed by atoms with E-state index in [-0.39, 0.29) is 17.9 Å². The van der Waals surface area contributed by atoms with Crippen LogP contribution in [-0.4, -0.2) is 36.4 Å². The number of halogens is 1. The van der Waals surface area contributed by atoms with Crippen molar-refractivity contribution in [3.05, 3.63) is 41.9 Å². The number of amides is 2.